The molecule has 5 saturated heterocycles. The Labute approximate surface area is 710 Å². The predicted molar refractivity (Wildman–Crippen MR) is 473 cm³/mol. The molecule has 0 radical (unpaired) electrons. The van der Waals surface area contributed by atoms with E-state index in [9.17, 15) is 14.4 Å². The number of amides is 4. The van der Waals surface area contributed by atoms with E-state index in [1.165, 1.54) is 17.4 Å². The molecule has 27 heteroatoms. The van der Waals surface area contributed by atoms with Gasteiger partial charge in [0.15, 0.2) is 14.5 Å². The van der Waals surface area contributed by atoms with E-state index in [0.717, 1.165) is 124 Å². The van der Waals surface area contributed by atoms with Crippen LogP contribution in [0.3, 0.4) is 0 Å². The number of aromatic nitrogens is 6. The number of hydrogen-bond acceptors (Lipinski definition) is 17. The second-order valence-corrected chi connectivity index (χ2v) is 52.4. The van der Waals surface area contributed by atoms with Crippen LogP contribution in [0.4, 0.5) is 23.8 Å². The number of fused-ring (bicyclic) bond motifs is 7. The molecule has 5 aliphatic heterocycles. The molecule has 2 bridgehead atoms. The van der Waals surface area contributed by atoms with Gasteiger partial charge in [-0.05, 0) is 198 Å². The molecule has 8 aromatic rings. The van der Waals surface area contributed by atoms with E-state index >= 15 is 18.0 Å². The van der Waals surface area contributed by atoms with Crippen LogP contribution in [-0.2, 0) is 34.8 Å². The lowest BCUT2D eigenvalue weighted by Crippen LogP contribution is -2.58. The van der Waals surface area contributed by atoms with Crippen molar-refractivity contribution in [2.45, 2.75) is 290 Å². The number of nitrogens with zero attached hydrogens (tertiary/aromatic N) is 10. The average Bonchev–Trinajstić information content (AvgIpc) is 1.58. The van der Waals surface area contributed by atoms with Gasteiger partial charge in [-0.2, -0.15) is 15.1 Å². The van der Waals surface area contributed by atoms with E-state index in [4.69, 9.17) is 38.7 Å². The molecule has 640 valence electrons. The number of pyridine rings is 1. The van der Waals surface area contributed by atoms with Crippen molar-refractivity contribution in [1.82, 2.24) is 55.0 Å². The minimum Gasteiger partial charge on any atom is -0.462 e. The standard InChI is InChI=1S/C92H123F3N12O8S2Si2/c1-55(2)119(56(3)4,57(5)6)42-33-66-69(93)29-26-62-44-70-68(47-99-107(70)73-21-19-20-41-112-73)75(74(62)66)77-79-67(32-38-96-77)76-81(104-48-63-27-28-64(49-104)106(63)86(111)114-88(11,12)13)101-85(102-83(76)117-79)113-53-91(51-92(91,94)95)52-103-39-36-90(37-40-103)34-30-59(31-35-90)43-72(108)100-80(87(8,9)10)84(110)105-50-65(115-118(17,18)89(14,15)16)45-71(105)82(109)97-46-60-22-24-61(25-23-60)78-58(7)98-54-116-78/h22-26,29,32,38,44,47,54-57,59,63-65,71,73,80H,19-21,27-28,30-31,34-37,39-41,43,45-46,48-53H2,1-18H3,(H,97,109)(H,100,108)/t63?,64?,65-,71+,73?,80-,91-/m1/s1. The number of carbonyl (C=O) groups is 4. The number of rotatable bonds is 21. The minimum absolute atomic E-state index is 0.0139. The molecule has 3 unspecified atom stereocenters. The maximum absolute atomic E-state index is 17.3. The van der Waals surface area contributed by atoms with E-state index in [0.29, 0.717) is 88.7 Å². The normalized spacial score (nSPS) is 22.9. The molecule has 7 aliphatic rings. The molecule has 1 spiro atoms. The maximum Gasteiger partial charge on any atom is 0.410 e. The number of alkyl halides is 2. The number of piperazine rings is 1. The maximum atomic E-state index is 17.3. The summed E-state index contributed by atoms with van der Waals surface area (Å²) in [6.45, 7) is 41.0. The first kappa shape index (κ1) is 86.4. The average molecular weight is 1700 g/mol. The molecule has 20 nitrogen and oxygen atoms in total. The number of anilines is 1. The molecule has 3 aromatic carbocycles. The van der Waals surface area contributed by atoms with Gasteiger partial charge in [-0.25, -0.2) is 27.6 Å². The van der Waals surface area contributed by atoms with E-state index in [-0.39, 0.29) is 110 Å². The molecule has 5 aromatic heterocycles. The fourth-order valence-electron chi connectivity index (χ4n) is 20.3. The number of nitrogens with one attached hydrogen (secondary N) is 2. The van der Waals surface area contributed by atoms with E-state index in [1.54, 1.807) is 22.4 Å². The number of piperidine rings is 1. The van der Waals surface area contributed by atoms with Gasteiger partial charge >= 0.3 is 12.1 Å². The van der Waals surface area contributed by atoms with Gasteiger partial charge in [0.25, 0.3) is 5.92 Å². The number of ether oxygens (including phenoxy) is 3. The second-order valence-electron chi connectivity index (χ2n) is 40.3. The van der Waals surface area contributed by atoms with Gasteiger partial charge in [0.1, 0.15) is 48.8 Å². The Bertz CT molecular complexity index is 5170. The molecule has 4 amide bonds. The first-order chi connectivity index (χ1) is 56.2. The van der Waals surface area contributed by atoms with Gasteiger partial charge < -0.3 is 44.0 Å². The number of thiazole rings is 1. The van der Waals surface area contributed by atoms with Crippen molar-refractivity contribution in [2.75, 3.05) is 57.4 Å². The zero-order valence-electron chi connectivity index (χ0n) is 73.1. The van der Waals surface area contributed by atoms with Gasteiger partial charge in [0, 0.05) is 86.5 Å². The van der Waals surface area contributed by atoms with Crippen molar-refractivity contribution in [3.63, 3.8) is 0 Å². The Hall–Kier alpha value is -7.59. The molecule has 7 fully saturated rings. The van der Waals surface area contributed by atoms with Gasteiger partial charge in [-0.1, -0.05) is 119 Å². The molecule has 2 aliphatic carbocycles. The summed E-state index contributed by atoms with van der Waals surface area (Å²) in [4.78, 5) is 87.8. The van der Waals surface area contributed by atoms with E-state index in [2.05, 4.69) is 118 Å². The predicted octanol–water partition coefficient (Wildman–Crippen LogP) is 19.7. The summed E-state index contributed by atoms with van der Waals surface area (Å²) in [5.41, 5.74) is 9.09. The Balaban J connectivity index is 0.658. The first-order valence-electron chi connectivity index (χ1n) is 43.6. The molecular weight excluding hydrogens is 1580 g/mol. The highest BCUT2D eigenvalue weighted by Crippen LogP contribution is 2.62. The number of hydrogen-bond donors (Lipinski definition) is 2. The van der Waals surface area contributed by atoms with Crippen molar-refractivity contribution in [2.24, 2.45) is 22.2 Å². The van der Waals surface area contributed by atoms with Crippen LogP contribution in [0.15, 0.2) is 66.4 Å². The van der Waals surface area contributed by atoms with E-state index in [1.807, 2.05) is 106 Å². The van der Waals surface area contributed by atoms with Gasteiger partial charge in [0.2, 0.25) is 17.7 Å². The van der Waals surface area contributed by atoms with Crippen molar-refractivity contribution in [3.8, 4) is 39.2 Å². The molecule has 7 atom stereocenters. The summed E-state index contributed by atoms with van der Waals surface area (Å²) < 4.78 is 79.0. The zero-order valence-corrected chi connectivity index (χ0v) is 76.7. The van der Waals surface area contributed by atoms with Gasteiger partial charge in [-0.3, -0.25) is 24.3 Å². The Morgan fingerprint density at radius 1 is 0.815 bits per heavy atom. The lowest BCUT2D eigenvalue weighted by Gasteiger charge is -2.46. The topological polar surface area (TPSA) is 212 Å². The van der Waals surface area contributed by atoms with Gasteiger partial charge in [0.05, 0.1) is 72.7 Å². The van der Waals surface area contributed by atoms with Crippen LogP contribution in [0.2, 0.25) is 34.8 Å². The summed E-state index contributed by atoms with van der Waals surface area (Å²) >= 11 is 3.00. The highest BCUT2D eigenvalue weighted by Gasteiger charge is 2.72. The van der Waals surface area contributed by atoms with Crippen molar-refractivity contribution >= 4 is 111 Å². The molecule has 10 heterocycles. The third-order valence-electron chi connectivity index (χ3n) is 28.1. The monoisotopic (exact) mass is 1700 g/mol. The fourth-order valence-corrected chi connectivity index (χ4v) is 28.8. The Kier molecular flexibility index (Phi) is 23.9. The minimum atomic E-state index is -3.01. The third kappa shape index (κ3) is 17.1. The summed E-state index contributed by atoms with van der Waals surface area (Å²) in [5, 5.41) is 15.0. The van der Waals surface area contributed by atoms with Gasteiger partial charge in [-0.15, -0.1) is 28.2 Å². The van der Waals surface area contributed by atoms with Crippen LogP contribution in [0.1, 0.15) is 217 Å². The molecule has 2 N–H and O–H groups in total. The number of thiophene rings is 1. The third-order valence-corrected chi connectivity index (χ3v) is 41.0. The van der Waals surface area contributed by atoms with Crippen LogP contribution < -0.4 is 20.3 Å². The largest absolute Gasteiger partial charge is 0.462 e. The summed E-state index contributed by atoms with van der Waals surface area (Å²) in [6.07, 6.45) is 12.3. The smallest absolute Gasteiger partial charge is 0.410 e. The number of halogens is 3. The number of carbonyl (C=O) groups excluding carboxylic acids is 4. The molecule has 15 rings (SSSR count). The lowest BCUT2D eigenvalue weighted by atomic mass is 9.65. The summed E-state index contributed by atoms with van der Waals surface area (Å²) in [7, 11) is -4.72. The highest BCUT2D eigenvalue weighted by molar-refractivity contribution is 7.26. The summed E-state index contributed by atoms with van der Waals surface area (Å²) in [6, 6.07) is 13.4. The molecular formula is C92H123F3N12O8S2Si2. The van der Waals surface area contributed by atoms with Crippen LogP contribution >= 0.6 is 22.7 Å². The summed E-state index contributed by atoms with van der Waals surface area (Å²) in [5.74, 6) is 0.0590. The number of likely N-dealkylation sites (tertiary alicyclic amines) is 2. The van der Waals surface area contributed by atoms with Crippen molar-refractivity contribution in [3.05, 3.63) is 89.1 Å². The SMILES string of the molecule is Cc1ncsc1-c1ccc(CNC(=O)[C@@H]2C[C@@H](O[Si](C)(C)C(C)(C)C)CN2C(=O)[C@@H](NC(=O)CC2CCC3(CC2)CCN(C[C@@]2(COc4nc(N5CC6CCC(C5)N6C(=O)OC(C)(C)C)c5c(n4)sc4c(-c6c7cnn(C8CCCCO8)c7cc7ccc(F)c(C#C[Si](C(C)C)(C(C)C)C(C)C)c67)nccc45)CC2(F)F)CC3)C(C)(C)C)cc1. The van der Waals surface area contributed by atoms with E-state index < -0.39 is 56.6 Å². The Morgan fingerprint density at radius 2 is 1.50 bits per heavy atom. The van der Waals surface area contributed by atoms with Crippen molar-refractivity contribution < 1.29 is 51.0 Å². The quantitative estimate of drug-likeness (QED) is 0.0506. The van der Waals surface area contributed by atoms with Crippen LogP contribution in [0.5, 0.6) is 6.01 Å². The van der Waals surface area contributed by atoms with Crippen molar-refractivity contribution in [1.29, 1.82) is 0 Å². The van der Waals surface area contributed by atoms with Crippen LogP contribution in [0, 0.1) is 46.4 Å². The lowest BCUT2D eigenvalue weighted by molar-refractivity contribution is -0.144. The van der Waals surface area contributed by atoms with Crippen LogP contribution in [-0.4, -0.2) is 179 Å². The Morgan fingerprint density at radius 3 is 2.12 bits per heavy atom. The highest BCUT2D eigenvalue weighted by atomic mass is 32.1. The second kappa shape index (κ2) is 32.9. The number of benzene rings is 3. The molecule has 2 saturated carbocycles. The molecule has 119 heavy (non-hydrogen) atoms. The fraction of sp³-hybridized carbons (Fsp3) is 0.620. The van der Waals surface area contributed by atoms with Crippen LogP contribution in [0.25, 0.3) is 63.7 Å². The first-order valence-corrected chi connectivity index (χ1v) is 50.4. The zero-order chi connectivity index (χ0) is 85.0. The number of aryl methyl sites for hydroxylation is 1.